The van der Waals surface area contributed by atoms with Crippen LogP contribution in [0.1, 0.15) is 13.8 Å². The number of nitrogens with zero attached hydrogens (tertiary/aromatic N) is 1. The van der Waals surface area contributed by atoms with Gasteiger partial charge in [0.05, 0.1) is 0 Å². The van der Waals surface area contributed by atoms with Crippen molar-refractivity contribution in [3.8, 4) is 0 Å². The van der Waals surface area contributed by atoms with Gasteiger partial charge in [0, 0.05) is 18.9 Å². The van der Waals surface area contributed by atoms with Gasteiger partial charge >= 0.3 is 10.2 Å². The van der Waals surface area contributed by atoms with E-state index in [1.807, 2.05) is 13.8 Å². The summed E-state index contributed by atoms with van der Waals surface area (Å²) in [6.07, 6.45) is 3.01. The van der Waals surface area contributed by atoms with Gasteiger partial charge in [0.25, 0.3) is 0 Å². The molecular weight excluding hydrogens is 204 g/mol. The molecule has 0 aliphatic rings. The van der Waals surface area contributed by atoms with Crippen LogP contribution in [0.3, 0.4) is 0 Å². The molecule has 0 aromatic carbocycles. The molecule has 3 N–H and O–H groups in total. The summed E-state index contributed by atoms with van der Waals surface area (Å²) in [6.45, 7) is 4.25. The topological polar surface area (TPSA) is 86.9 Å². The van der Waals surface area contributed by atoms with Gasteiger partial charge in [-0.1, -0.05) is 13.8 Å². The minimum absolute atomic E-state index is 0.209. The maximum atomic E-state index is 11.3. The third-order valence-corrected chi connectivity index (χ3v) is 2.42. The SMILES string of the molecule is CC(C)CNS(=O)(=O)Nc1ncc[nH]1. The zero-order valence-corrected chi connectivity index (χ0v) is 8.93. The molecule has 0 aliphatic heterocycles. The van der Waals surface area contributed by atoms with Gasteiger partial charge in [-0.15, -0.1) is 0 Å². The van der Waals surface area contributed by atoms with Crippen LogP contribution >= 0.6 is 0 Å². The monoisotopic (exact) mass is 218 g/mol. The smallest absolute Gasteiger partial charge is 0.301 e. The van der Waals surface area contributed by atoms with Gasteiger partial charge in [0.1, 0.15) is 0 Å². The third kappa shape index (κ3) is 3.75. The predicted molar refractivity (Wildman–Crippen MR) is 54.0 cm³/mol. The van der Waals surface area contributed by atoms with Crippen molar-refractivity contribution in [3.05, 3.63) is 12.4 Å². The van der Waals surface area contributed by atoms with E-state index in [1.54, 1.807) is 6.20 Å². The molecule has 0 saturated heterocycles. The first-order valence-corrected chi connectivity index (χ1v) is 5.75. The molecule has 0 saturated carbocycles. The Labute approximate surface area is 83.3 Å². The number of rotatable bonds is 5. The number of imidazole rings is 1. The van der Waals surface area contributed by atoms with Crippen LogP contribution in [0.2, 0.25) is 0 Å². The minimum atomic E-state index is -3.49. The summed E-state index contributed by atoms with van der Waals surface area (Å²) in [4.78, 5) is 6.38. The lowest BCUT2D eigenvalue weighted by atomic mass is 10.2. The van der Waals surface area contributed by atoms with Crippen molar-refractivity contribution in [2.45, 2.75) is 13.8 Å². The highest BCUT2D eigenvalue weighted by atomic mass is 32.2. The van der Waals surface area contributed by atoms with Crippen molar-refractivity contribution in [3.63, 3.8) is 0 Å². The highest BCUT2D eigenvalue weighted by molar-refractivity contribution is 7.90. The van der Waals surface area contributed by atoms with Crippen molar-refractivity contribution in [2.24, 2.45) is 5.92 Å². The van der Waals surface area contributed by atoms with Crippen LogP contribution < -0.4 is 9.44 Å². The second-order valence-electron chi connectivity index (χ2n) is 3.29. The van der Waals surface area contributed by atoms with Crippen molar-refractivity contribution in [1.29, 1.82) is 0 Å². The van der Waals surface area contributed by atoms with Crippen molar-refractivity contribution in [1.82, 2.24) is 14.7 Å². The minimum Gasteiger partial charge on any atom is -0.330 e. The van der Waals surface area contributed by atoms with Crippen LogP contribution in [0.5, 0.6) is 0 Å². The normalized spacial score (nSPS) is 11.9. The maximum Gasteiger partial charge on any atom is 0.301 e. The molecule has 7 heteroatoms. The summed E-state index contributed by atoms with van der Waals surface area (Å²) in [5.41, 5.74) is 0. The second kappa shape index (κ2) is 4.43. The molecule has 0 radical (unpaired) electrons. The summed E-state index contributed by atoms with van der Waals surface area (Å²) in [5, 5.41) is 0. The highest BCUT2D eigenvalue weighted by Gasteiger charge is 2.10. The zero-order valence-electron chi connectivity index (χ0n) is 8.11. The fraction of sp³-hybridized carbons (Fsp3) is 0.571. The van der Waals surface area contributed by atoms with Crippen molar-refractivity contribution < 1.29 is 8.42 Å². The predicted octanol–water partition coefficient (Wildman–Crippen LogP) is 0.312. The highest BCUT2D eigenvalue weighted by Crippen LogP contribution is 1.98. The van der Waals surface area contributed by atoms with Gasteiger partial charge in [-0.2, -0.15) is 13.1 Å². The standard InChI is InChI=1S/C7H14N4O2S/c1-6(2)5-10-14(12,13)11-7-8-3-4-9-7/h3-4,6,10H,5H2,1-2H3,(H2,8,9,11). The van der Waals surface area contributed by atoms with Crippen LogP contribution in [0.25, 0.3) is 0 Å². The first kappa shape index (κ1) is 11.0. The van der Waals surface area contributed by atoms with E-state index in [2.05, 4.69) is 19.4 Å². The first-order chi connectivity index (χ1) is 6.49. The fourth-order valence-electron chi connectivity index (χ4n) is 0.761. The summed E-state index contributed by atoms with van der Waals surface area (Å²) in [5.74, 6) is 0.476. The molecule has 80 valence electrons. The average molecular weight is 218 g/mol. The van der Waals surface area contributed by atoms with Crippen LogP contribution in [0.15, 0.2) is 12.4 Å². The van der Waals surface area contributed by atoms with Crippen LogP contribution in [0.4, 0.5) is 5.95 Å². The van der Waals surface area contributed by atoms with Gasteiger partial charge in [-0.05, 0) is 5.92 Å². The Balaban J connectivity index is 2.51. The Morgan fingerprint density at radius 3 is 2.79 bits per heavy atom. The summed E-state index contributed by atoms with van der Waals surface area (Å²) >= 11 is 0. The van der Waals surface area contributed by atoms with E-state index in [1.165, 1.54) is 6.20 Å². The first-order valence-electron chi connectivity index (χ1n) is 4.26. The lowest BCUT2D eigenvalue weighted by Gasteiger charge is -2.08. The molecule has 0 spiro atoms. The molecule has 0 aliphatic carbocycles. The van der Waals surface area contributed by atoms with E-state index in [0.717, 1.165) is 0 Å². The van der Waals surface area contributed by atoms with Gasteiger partial charge in [0.15, 0.2) is 0 Å². The zero-order chi connectivity index (χ0) is 10.6. The van der Waals surface area contributed by atoms with Gasteiger partial charge in [-0.3, -0.25) is 0 Å². The molecule has 14 heavy (non-hydrogen) atoms. The van der Waals surface area contributed by atoms with Gasteiger partial charge in [-0.25, -0.2) is 9.71 Å². The molecule has 1 rings (SSSR count). The number of hydrogen-bond donors (Lipinski definition) is 3. The Bertz CT molecular complexity index is 357. The molecule has 0 atom stereocenters. The maximum absolute atomic E-state index is 11.3. The Hall–Kier alpha value is -1.08. The van der Waals surface area contributed by atoms with E-state index in [4.69, 9.17) is 0 Å². The van der Waals surface area contributed by atoms with Crippen molar-refractivity contribution in [2.75, 3.05) is 11.3 Å². The van der Waals surface area contributed by atoms with Crippen molar-refractivity contribution >= 4 is 16.2 Å². The summed E-state index contributed by atoms with van der Waals surface area (Å²) in [6, 6.07) is 0. The molecule has 1 aromatic rings. The van der Waals surface area contributed by atoms with E-state index < -0.39 is 10.2 Å². The van der Waals surface area contributed by atoms with E-state index in [-0.39, 0.29) is 11.9 Å². The van der Waals surface area contributed by atoms with Gasteiger partial charge in [0.2, 0.25) is 5.95 Å². The molecule has 0 amide bonds. The fourth-order valence-corrected chi connectivity index (χ4v) is 1.75. The quantitative estimate of drug-likeness (QED) is 0.664. The molecule has 0 fully saturated rings. The molecule has 6 nitrogen and oxygen atoms in total. The number of aromatic amines is 1. The number of nitrogens with one attached hydrogen (secondary N) is 3. The van der Waals surface area contributed by atoms with E-state index in [0.29, 0.717) is 6.54 Å². The third-order valence-electron chi connectivity index (χ3n) is 1.41. The number of H-pyrrole nitrogens is 1. The molecule has 0 unspecified atom stereocenters. The average Bonchev–Trinajstić information content (AvgIpc) is 2.53. The Kier molecular flexibility index (Phi) is 3.48. The molecule has 1 heterocycles. The number of aromatic nitrogens is 2. The van der Waals surface area contributed by atoms with Crippen LogP contribution in [-0.4, -0.2) is 24.9 Å². The molecular formula is C7H14N4O2S. The number of anilines is 1. The van der Waals surface area contributed by atoms with E-state index >= 15 is 0 Å². The lowest BCUT2D eigenvalue weighted by Crippen LogP contribution is -2.33. The molecule has 1 aromatic heterocycles. The van der Waals surface area contributed by atoms with Crippen LogP contribution in [0, 0.1) is 5.92 Å². The summed E-state index contributed by atoms with van der Waals surface area (Å²) < 4.78 is 27.3. The van der Waals surface area contributed by atoms with Gasteiger partial charge < -0.3 is 4.98 Å². The Morgan fingerprint density at radius 2 is 2.29 bits per heavy atom. The van der Waals surface area contributed by atoms with Crippen LogP contribution in [-0.2, 0) is 10.2 Å². The van der Waals surface area contributed by atoms with E-state index in [9.17, 15) is 8.42 Å². The number of hydrogen-bond acceptors (Lipinski definition) is 3. The largest absolute Gasteiger partial charge is 0.330 e. The Morgan fingerprint density at radius 1 is 1.57 bits per heavy atom. The molecule has 0 bridgehead atoms. The second-order valence-corrected chi connectivity index (χ2v) is 4.79. The lowest BCUT2D eigenvalue weighted by molar-refractivity contribution is 0.564. The summed E-state index contributed by atoms with van der Waals surface area (Å²) in [7, 11) is -3.49.